The fourth-order valence-corrected chi connectivity index (χ4v) is 3.79. The number of benzene rings is 1. The van der Waals surface area contributed by atoms with Gasteiger partial charge in [-0.1, -0.05) is 30.3 Å². The lowest BCUT2D eigenvalue weighted by Gasteiger charge is -2.38. The van der Waals surface area contributed by atoms with Gasteiger partial charge in [0.1, 0.15) is 5.78 Å². The van der Waals surface area contributed by atoms with Gasteiger partial charge in [-0.3, -0.25) is 9.69 Å². The Morgan fingerprint density at radius 3 is 2.39 bits per heavy atom. The second-order valence-electron chi connectivity index (χ2n) is 5.82. The van der Waals surface area contributed by atoms with E-state index in [1.165, 1.54) is 18.4 Å². The Kier molecular flexibility index (Phi) is 3.21. The molecule has 2 aliphatic heterocycles. The van der Waals surface area contributed by atoms with E-state index in [9.17, 15) is 4.79 Å². The van der Waals surface area contributed by atoms with Crippen LogP contribution in [0.2, 0.25) is 0 Å². The van der Waals surface area contributed by atoms with Crippen molar-refractivity contribution >= 4 is 5.78 Å². The van der Waals surface area contributed by atoms with E-state index in [0.29, 0.717) is 23.9 Å². The maximum absolute atomic E-state index is 11.6. The summed E-state index contributed by atoms with van der Waals surface area (Å²) in [6.07, 6.45) is 5.11. The van der Waals surface area contributed by atoms with Crippen LogP contribution in [0, 0.1) is 0 Å². The summed E-state index contributed by atoms with van der Waals surface area (Å²) >= 11 is 0. The summed E-state index contributed by atoms with van der Waals surface area (Å²) in [5.74, 6) is 0.477. The molecule has 2 fully saturated rings. The van der Waals surface area contributed by atoms with Crippen LogP contribution in [-0.2, 0) is 11.2 Å². The minimum atomic E-state index is 0.477. The summed E-state index contributed by atoms with van der Waals surface area (Å²) in [7, 11) is 0. The molecule has 2 nitrogen and oxygen atoms in total. The number of Topliss-reactive ketones (excluding diaryl/α,β-unsaturated/α-hetero) is 1. The minimum Gasteiger partial charge on any atom is -0.300 e. The predicted octanol–water partition coefficient (Wildman–Crippen LogP) is 2.81. The standard InChI is InChI=1S/C16H21NO/c1-12(9-13-5-3-2-4-6-13)17-14-7-8-15(17)11-16(18)10-14/h2-6,12,14-15H,7-11H2,1H3. The van der Waals surface area contributed by atoms with Gasteiger partial charge in [-0.2, -0.15) is 0 Å². The highest BCUT2D eigenvalue weighted by molar-refractivity contribution is 5.81. The van der Waals surface area contributed by atoms with Crippen LogP contribution < -0.4 is 0 Å². The molecule has 1 aromatic rings. The molecule has 0 spiro atoms. The summed E-state index contributed by atoms with van der Waals surface area (Å²) in [6, 6.07) is 12.3. The summed E-state index contributed by atoms with van der Waals surface area (Å²) in [5.41, 5.74) is 1.40. The lowest BCUT2D eigenvalue weighted by molar-refractivity contribution is -0.124. The van der Waals surface area contributed by atoms with Crippen LogP contribution in [0.1, 0.15) is 38.2 Å². The Balaban J connectivity index is 1.70. The molecule has 2 heterocycles. The van der Waals surface area contributed by atoms with Crippen molar-refractivity contribution < 1.29 is 4.79 Å². The van der Waals surface area contributed by atoms with Gasteiger partial charge in [0.15, 0.2) is 0 Å². The fraction of sp³-hybridized carbons (Fsp3) is 0.562. The number of rotatable bonds is 3. The highest BCUT2D eigenvalue weighted by Crippen LogP contribution is 2.36. The van der Waals surface area contributed by atoms with E-state index in [4.69, 9.17) is 0 Å². The van der Waals surface area contributed by atoms with Crippen molar-refractivity contribution in [3.05, 3.63) is 35.9 Å². The van der Waals surface area contributed by atoms with Crippen LogP contribution in [0.5, 0.6) is 0 Å². The Bertz CT molecular complexity index is 412. The average molecular weight is 243 g/mol. The van der Waals surface area contributed by atoms with Gasteiger partial charge in [-0.25, -0.2) is 0 Å². The third kappa shape index (κ3) is 2.22. The van der Waals surface area contributed by atoms with Crippen LogP contribution in [0.15, 0.2) is 30.3 Å². The molecule has 2 saturated heterocycles. The van der Waals surface area contributed by atoms with E-state index in [-0.39, 0.29) is 0 Å². The molecule has 0 amide bonds. The highest BCUT2D eigenvalue weighted by atomic mass is 16.1. The lowest BCUT2D eigenvalue weighted by Crippen LogP contribution is -2.48. The predicted molar refractivity (Wildman–Crippen MR) is 72.5 cm³/mol. The van der Waals surface area contributed by atoms with E-state index >= 15 is 0 Å². The molecule has 96 valence electrons. The van der Waals surface area contributed by atoms with Gasteiger partial charge in [0, 0.05) is 31.0 Å². The van der Waals surface area contributed by atoms with Crippen LogP contribution in [0.3, 0.4) is 0 Å². The molecule has 0 radical (unpaired) electrons. The number of piperidine rings is 1. The van der Waals surface area contributed by atoms with Crippen LogP contribution in [0.25, 0.3) is 0 Å². The lowest BCUT2D eigenvalue weighted by atomic mass is 9.97. The molecule has 3 unspecified atom stereocenters. The van der Waals surface area contributed by atoms with E-state index in [1.54, 1.807) is 0 Å². The Morgan fingerprint density at radius 1 is 1.17 bits per heavy atom. The van der Waals surface area contributed by atoms with Crippen molar-refractivity contribution in [2.45, 2.75) is 57.2 Å². The van der Waals surface area contributed by atoms with Gasteiger partial charge in [0.05, 0.1) is 0 Å². The molecule has 1 aromatic carbocycles. The van der Waals surface area contributed by atoms with Gasteiger partial charge in [0.25, 0.3) is 0 Å². The Hall–Kier alpha value is -1.15. The molecule has 3 rings (SSSR count). The SMILES string of the molecule is CC(Cc1ccccc1)N1C2CCC1CC(=O)C2. The van der Waals surface area contributed by atoms with Crippen LogP contribution in [-0.4, -0.2) is 28.8 Å². The molecule has 0 aliphatic carbocycles. The summed E-state index contributed by atoms with van der Waals surface area (Å²) in [6.45, 7) is 2.31. The minimum absolute atomic E-state index is 0.477. The van der Waals surface area contributed by atoms with Gasteiger partial charge in [0.2, 0.25) is 0 Å². The van der Waals surface area contributed by atoms with Crippen molar-refractivity contribution in [1.29, 1.82) is 0 Å². The smallest absolute Gasteiger partial charge is 0.136 e. The molecule has 0 saturated carbocycles. The Labute approximate surface area is 109 Å². The van der Waals surface area contributed by atoms with E-state index in [2.05, 4.69) is 42.2 Å². The summed E-state index contributed by atoms with van der Waals surface area (Å²) < 4.78 is 0. The van der Waals surface area contributed by atoms with Gasteiger partial charge < -0.3 is 0 Å². The third-order valence-electron chi connectivity index (χ3n) is 4.49. The molecule has 18 heavy (non-hydrogen) atoms. The zero-order chi connectivity index (χ0) is 12.5. The number of fused-ring (bicyclic) bond motifs is 2. The number of hydrogen-bond acceptors (Lipinski definition) is 2. The van der Waals surface area contributed by atoms with E-state index < -0.39 is 0 Å². The zero-order valence-electron chi connectivity index (χ0n) is 11.0. The molecule has 2 aliphatic rings. The maximum Gasteiger partial charge on any atom is 0.136 e. The number of ketones is 1. The molecule has 2 bridgehead atoms. The van der Waals surface area contributed by atoms with Crippen molar-refractivity contribution in [1.82, 2.24) is 4.90 Å². The molecule has 0 N–H and O–H groups in total. The summed E-state index contributed by atoms with van der Waals surface area (Å²) in [4.78, 5) is 14.2. The van der Waals surface area contributed by atoms with Gasteiger partial charge >= 0.3 is 0 Å². The van der Waals surface area contributed by atoms with E-state index in [1.807, 2.05) is 0 Å². The molecule has 3 atom stereocenters. The monoisotopic (exact) mass is 243 g/mol. The first-order valence-corrected chi connectivity index (χ1v) is 7.07. The molecular weight excluding hydrogens is 222 g/mol. The Morgan fingerprint density at radius 2 is 1.78 bits per heavy atom. The van der Waals surface area contributed by atoms with Crippen LogP contribution in [0.4, 0.5) is 0 Å². The number of carbonyl (C=O) groups excluding carboxylic acids is 1. The third-order valence-corrected chi connectivity index (χ3v) is 4.49. The van der Waals surface area contributed by atoms with Gasteiger partial charge in [-0.15, -0.1) is 0 Å². The largest absolute Gasteiger partial charge is 0.300 e. The second-order valence-corrected chi connectivity index (χ2v) is 5.82. The number of nitrogens with zero attached hydrogens (tertiary/aromatic N) is 1. The molecule has 2 heteroatoms. The van der Waals surface area contributed by atoms with Crippen molar-refractivity contribution in [3.8, 4) is 0 Å². The first-order valence-electron chi connectivity index (χ1n) is 7.07. The van der Waals surface area contributed by atoms with Crippen LogP contribution >= 0.6 is 0 Å². The fourth-order valence-electron chi connectivity index (χ4n) is 3.79. The topological polar surface area (TPSA) is 20.3 Å². The van der Waals surface area contributed by atoms with Gasteiger partial charge in [-0.05, 0) is 31.7 Å². The summed E-state index contributed by atoms with van der Waals surface area (Å²) in [5, 5.41) is 0. The first kappa shape index (κ1) is 11.9. The van der Waals surface area contributed by atoms with Crippen molar-refractivity contribution in [2.24, 2.45) is 0 Å². The normalized spacial score (nSPS) is 29.5. The molecular formula is C16H21NO. The average Bonchev–Trinajstić information content (AvgIpc) is 2.63. The maximum atomic E-state index is 11.6. The quantitative estimate of drug-likeness (QED) is 0.813. The zero-order valence-corrected chi connectivity index (χ0v) is 11.0. The first-order chi connectivity index (χ1) is 8.74. The number of hydrogen-bond donors (Lipinski definition) is 0. The van der Waals surface area contributed by atoms with E-state index in [0.717, 1.165) is 19.3 Å². The molecule has 0 aromatic heterocycles. The highest BCUT2D eigenvalue weighted by Gasteiger charge is 2.41. The second kappa shape index (κ2) is 4.85. The number of carbonyl (C=O) groups is 1. The van der Waals surface area contributed by atoms with Crippen molar-refractivity contribution in [3.63, 3.8) is 0 Å². The van der Waals surface area contributed by atoms with Crippen molar-refractivity contribution in [2.75, 3.05) is 0 Å².